The zero-order valence-electron chi connectivity index (χ0n) is 15.3. The van der Waals surface area contributed by atoms with Gasteiger partial charge in [0.2, 0.25) is 0 Å². The van der Waals surface area contributed by atoms with Crippen molar-refractivity contribution in [3.63, 3.8) is 0 Å². The maximum atomic E-state index is 10.9. The highest BCUT2D eigenvalue weighted by molar-refractivity contribution is 7.65. The standard InChI is InChI=1S/C8H13Cl3O2Si.C7H11Cl3O2Si/c1-7(2)8(12)13-5-3-4-6-14(9,10)11;1-6(2)7(11)12-4-3-5-13(8,9)10/h1,3-6H2,2H3;1,3-5H2,2H3. The van der Waals surface area contributed by atoms with Crippen LogP contribution in [0, 0.1) is 0 Å². The smallest absolute Gasteiger partial charge is 0.341 e. The largest absolute Gasteiger partial charge is 0.462 e. The molecule has 0 fully saturated rings. The lowest BCUT2D eigenvalue weighted by Crippen LogP contribution is -2.12. The van der Waals surface area contributed by atoms with E-state index in [1.165, 1.54) is 0 Å². The second kappa shape index (κ2) is 15.4. The Morgan fingerprint density at radius 1 is 0.704 bits per heavy atom. The lowest BCUT2D eigenvalue weighted by atomic mass is 10.3. The molecule has 0 rings (SSSR count). The summed E-state index contributed by atoms with van der Waals surface area (Å²) in [6.45, 7) is 10.7. The van der Waals surface area contributed by atoms with E-state index in [2.05, 4.69) is 13.2 Å². The van der Waals surface area contributed by atoms with Crippen molar-refractivity contribution in [2.75, 3.05) is 13.2 Å². The number of halogens is 6. The molecule has 0 aromatic carbocycles. The van der Waals surface area contributed by atoms with Gasteiger partial charge in [-0.25, -0.2) is 9.59 Å². The van der Waals surface area contributed by atoms with Gasteiger partial charge >= 0.3 is 23.9 Å². The predicted octanol–water partition coefficient (Wildman–Crippen LogP) is 6.69. The molecule has 0 N–H and O–H groups in total. The fourth-order valence-corrected chi connectivity index (χ4v) is 4.88. The SMILES string of the molecule is C=C(C)C(=O)OCCCC[Si](Cl)(Cl)Cl.C=C(C)C(=O)OCCC[Si](Cl)(Cl)Cl. The van der Waals surface area contributed by atoms with Crippen molar-refractivity contribution in [1.82, 2.24) is 0 Å². The maximum Gasteiger partial charge on any atom is 0.341 e. The Hall–Kier alpha value is 0.594. The minimum Gasteiger partial charge on any atom is -0.462 e. The highest BCUT2D eigenvalue weighted by Crippen LogP contribution is 2.27. The molecule has 0 aromatic rings. The minimum absolute atomic E-state index is 0.284. The van der Waals surface area contributed by atoms with Crippen molar-refractivity contribution in [3.05, 3.63) is 24.3 Å². The molecule has 0 aliphatic heterocycles. The minimum atomic E-state index is -2.55. The van der Waals surface area contributed by atoms with Crippen LogP contribution < -0.4 is 0 Å². The van der Waals surface area contributed by atoms with E-state index >= 15 is 0 Å². The molecule has 0 aromatic heterocycles. The summed E-state index contributed by atoms with van der Waals surface area (Å²) in [5.74, 6) is -0.762. The van der Waals surface area contributed by atoms with E-state index in [4.69, 9.17) is 75.9 Å². The second-order valence-electron chi connectivity index (χ2n) is 5.62. The van der Waals surface area contributed by atoms with Crippen LogP contribution in [0.3, 0.4) is 0 Å². The highest BCUT2D eigenvalue weighted by Gasteiger charge is 2.24. The lowest BCUT2D eigenvalue weighted by molar-refractivity contribution is -0.139. The van der Waals surface area contributed by atoms with E-state index in [1.54, 1.807) is 13.8 Å². The van der Waals surface area contributed by atoms with Crippen molar-refractivity contribution in [2.24, 2.45) is 0 Å². The molecular formula is C15H24Cl6O4Si2. The maximum absolute atomic E-state index is 10.9. The molecule has 0 spiro atoms. The third kappa shape index (κ3) is 24.6. The Balaban J connectivity index is 0. The van der Waals surface area contributed by atoms with Crippen LogP contribution in [0.4, 0.5) is 0 Å². The molecule has 0 radical (unpaired) electrons. The van der Waals surface area contributed by atoms with E-state index in [0.29, 0.717) is 36.3 Å². The van der Waals surface area contributed by atoms with E-state index in [9.17, 15) is 9.59 Å². The Morgan fingerprint density at radius 3 is 1.37 bits per heavy atom. The summed E-state index contributed by atoms with van der Waals surface area (Å²) in [5, 5.41) is 0. The van der Waals surface area contributed by atoms with Gasteiger partial charge in [-0.15, -0.1) is 66.5 Å². The quantitative estimate of drug-likeness (QED) is 0.0969. The molecule has 0 bridgehead atoms. The normalized spacial score (nSPS) is 11.1. The fraction of sp³-hybridized carbons (Fsp3) is 0.600. The molecule has 4 nitrogen and oxygen atoms in total. The van der Waals surface area contributed by atoms with Crippen molar-refractivity contribution >= 4 is 90.4 Å². The van der Waals surface area contributed by atoms with Crippen LogP contribution in [0.15, 0.2) is 24.3 Å². The summed E-state index contributed by atoms with van der Waals surface area (Å²) in [5.41, 5.74) is 0.784. The molecule has 0 aliphatic carbocycles. The van der Waals surface area contributed by atoms with Crippen LogP contribution in [-0.4, -0.2) is 37.2 Å². The molecule has 0 amide bonds. The first-order valence-electron chi connectivity index (χ1n) is 7.94. The number of unbranched alkanes of at least 4 members (excludes halogenated alkanes) is 1. The van der Waals surface area contributed by atoms with Gasteiger partial charge in [0, 0.05) is 11.1 Å². The topological polar surface area (TPSA) is 52.6 Å². The molecular weight excluding hydrogens is 513 g/mol. The van der Waals surface area contributed by atoms with Gasteiger partial charge in [0.15, 0.2) is 0 Å². The van der Waals surface area contributed by atoms with Crippen LogP contribution >= 0.6 is 66.5 Å². The monoisotopic (exact) mass is 534 g/mol. The van der Waals surface area contributed by atoms with Crippen LogP contribution in [0.5, 0.6) is 0 Å². The first-order chi connectivity index (χ1) is 12.2. The van der Waals surface area contributed by atoms with Crippen molar-refractivity contribution < 1.29 is 19.1 Å². The van der Waals surface area contributed by atoms with Gasteiger partial charge in [-0.2, -0.15) is 0 Å². The van der Waals surface area contributed by atoms with E-state index in [0.717, 1.165) is 12.8 Å². The average molecular weight is 537 g/mol. The van der Waals surface area contributed by atoms with Crippen LogP contribution in [0.2, 0.25) is 12.1 Å². The van der Waals surface area contributed by atoms with Crippen LogP contribution in [0.25, 0.3) is 0 Å². The summed E-state index contributed by atoms with van der Waals surface area (Å²) in [4.78, 5) is 21.8. The van der Waals surface area contributed by atoms with Crippen molar-refractivity contribution in [1.29, 1.82) is 0 Å². The lowest BCUT2D eigenvalue weighted by Gasteiger charge is -2.07. The number of carbonyl (C=O) groups is 2. The Kier molecular flexibility index (Phi) is 17.0. The summed E-state index contributed by atoms with van der Waals surface area (Å²) in [6, 6.07) is -3.95. The summed E-state index contributed by atoms with van der Waals surface area (Å²) >= 11 is 33.9. The number of carbonyl (C=O) groups excluding carboxylic acids is 2. The van der Waals surface area contributed by atoms with Crippen LogP contribution in [-0.2, 0) is 19.1 Å². The number of esters is 2. The number of rotatable bonds is 11. The highest BCUT2D eigenvalue weighted by atomic mass is 35.8. The van der Waals surface area contributed by atoms with Gasteiger partial charge in [-0.05, 0) is 45.2 Å². The zero-order chi connectivity index (χ0) is 21.7. The van der Waals surface area contributed by atoms with Gasteiger partial charge in [0.1, 0.15) is 0 Å². The number of hydrogen-bond donors (Lipinski definition) is 0. The molecule has 12 heteroatoms. The summed E-state index contributed by atoms with van der Waals surface area (Å²) < 4.78 is 9.67. The second-order valence-corrected chi connectivity index (χ2v) is 24.2. The summed E-state index contributed by atoms with van der Waals surface area (Å²) in [7, 11) is 0. The van der Waals surface area contributed by atoms with Crippen molar-refractivity contribution in [3.8, 4) is 0 Å². The average Bonchev–Trinajstić information content (AvgIpc) is 2.49. The van der Waals surface area contributed by atoms with Crippen molar-refractivity contribution in [2.45, 2.75) is 45.2 Å². The van der Waals surface area contributed by atoms with Gasteiger partial charge < -0.3 is 9.47 Å². The third-order valence-electron chi connectivity index (χ3n) is 2.62. The Bertz CT molecular complexity index is 504. The number of hydrogen-bond acceptors (Lipinski definition) is 4. The van der Waals surface area contributed by atoms with E-state index in [-0.39, 0.29) is 12.6 Å². The fourth-order valence-electron chi connectivity index (χ4n) is 1.28. The third-order valence-corrected chi connectivity index (χ3v) is 7.87. The van der Waals surface area contributed by atoms with E-state index < -0.39 is 18.0 Å². The molecule has 0 atom stereocenters. The predicted molar refractivity (Wildman–Crippen MR) is 122 cm³/mol. The molecule has 0 heterocycles. The van der Waals surface area contributed by atoms with Gasteiger partial charge in [0.05, 0.1) is 13.2 Å². The molecule has 0 saturated carbocycles. The van der Waals surface area contributed by atoms with E-state index in [1.807, 2.05) is 0 Å². The molecule has 0 unspecified atom stereocenters. The first kappa shape index (κ1) is 29.8. The van der Waals surface area contributed by atoms with Gasteiger partial charge in [-0.1, -0.05) is 13.2 Å². The molecule has 158 valence electrons. The first-order valence-corrected chi connectivity index (χ1v) is 18.4. The summed E-state index contributed by atoms with van der Waals surface area (Å²) in [6.07, 6.45) is 2.08. The number of ether oxygens (including phenoxy) is 2. The molecule has 27 heavy (non-hydrogen) atoms. The zero-order valence-corrected chi connectivity index (χ0v) is 21.8. The Labute approximate surface area is 191 Å². The van der Waals surface area contributed by atoms with Gasteiger partial charge in [0.25, 0.3) is 0 Å². The van der Waals surface area contributed by atoms with Crippen LogP contribution in [0.1, 0.15) is 33.1 Å². The Morgan fingerprint density at radius 2 is 1.04 bits per heavy atom. The molecule has 0 saturated heterocycles. The molecule has 0 aliphatic rings. The van der Waals surface area contributed by atoms with Gasteiger partial charge in [-0.3, -0.25) is 0 Å².